The third kappa shape index (κ3) is 4.90. The van der Waals surface area contributed by atoms with Gasteiger partial charge < -0.3 is 13.6 Å². The molecule has 0 unspecified atom stereocenters. The largest absolute Gasteiger partial charge is 0.456 e. The highest BCUT2D eigenvalue weighted by Gasteiger charge is 2.26. The molecule has 0 bridgehead atoms. The lowest BCUT2D eigenvalue weighted by Crippen LogP contribution is -2.02. The van der Waals surface area contributed by atoms with Crippen LogP contribution >= 0.6 is 0 Å². The first-order valence-corrected chi connectivity index (χ1v) is 21.7. The molecule has 63 heavy (non-hydrogen) atoms. The van der Waals surface area contributed by atoms with E-state index in [4.69, 9.17) is 4.42 Å². The van der Waals surface area contributed by atoms with Crippen LogP contribution in [0.4, 0.5) is 0 Å². The molecule has 0 atom stereocenters. The molecule has 3 heteroatoms. The van der Waals surface area contributed by atoms with Gasteiger partial charge in [0.2, 0.25) is 0 Å². The Morgan fingerprint density at radius 2 is 0.698 bits per heavy atom. The van der Waals surface area contributed by atoms with Crippen LogP contribution in [-0.4, -0.2) is 9.13 Å². The van der Waals surface area contributed by atoms with Crippen LogP contribution in [0.5, 0.6) is 0 Å². The topological polar surface area (TPSA) is 23.0 Å². The van der Waals surface area contributed by atoms with E-state index in [9.17, 15) is 0 Å². The van der Waals surface area contributed by atoms with Crippen LogP contribution in [0.15, 0.2) is 223 Å². The van der Waals surface area contributed by atoms with Gasteiger partial charge in [0.1, 0.15) is 11.2 Å². The first-order valence-electron chi connectivity index (χ1n) is 21.7. The van der Waals surface area contributed by atoms with Crippen LogP contribution in [0.2, 0.25) is 0 Å². The molecule has 14 rings (SSSR count). The molecule has 3 nitrogen and oxygen atoms in total. The van der Waals surface area contributed by atoms with E-state index in [1.54, 1.807) is 0 Å². The van der Waals surface area contributed by atoms with Crippen molar-refractivity contribution in [2.45, 2.75) is 0 Å². The van der Waals surface area contributed by atoms with Gasteiger partial charge in [-0.2, -0.15) is 0 Å². The van der Waals surface area contributed by atoms with E-state index in [0.29, 0.717) is 0 Å². The number of para-hydroxylation sites is 4. The Morgan fingerprint density at radius 1 is 0.254 bits per heavy atom. The van der Waals surface area contributed by atoms with Crippen molar-refractivity contribution in [2.24, 2.45) is 0 Å². The zero-order chi connectivity index (χ0) is 41.2. The van der Waals surface area contributed by atoms with Crippen molar-refractivity contribution in [2.75, 3.05) is 0 Å². The normalized spacial score (nSPS) is 12.1. The van der Waals surface area contributed by atoms with Gasteiger partial charge in [-0.1, -0.05) is 152 Å². The second-order valence-electron chi connectivity index (χ2n) is 16.8. The van der Waals surface area contributed by atoms with Crippen molar-refractivity contribution in [1.29, 1.82) is 0 Å². The fraction of sp³-hybridized carbons (Fsp3) is 0. The molecule has 0 spiro atoms. The van der Waals surface area contributed by atoms with Crippen LogP contribution in [0.3, 0.4) is 0 Å². The molecule has 0 amide bonds. The highest BCUT2D eigenvalue weighted by Crippen LogP contribution is 2.51. The molecule has 3 heterocycles. The fourth-order valence-electron chi connectivity index (χ4n) is 10.8. The van der Waals surface area contributed by atoms with E-state index in [0.717, 1.165) is 55.5 Å². The summed E-state index contributed by atoms with van der Waals surface area (Å²) in [6, 6.07) is 80.2. The second-order valence-corrected chi connectivity index (χ2v) is 16.8. The average Bonchev–Trinajstić information content (AvgIpc) is 4.00. The van der Waals surface area contributed by atoms with Crippen molar-refractivity contribution in [3.63, 3.8) is 0 Å². The molecule has 13 aromatic rings. The van der Waals surface area contributed by atoms with Crippen molar-refractivity contribution in [1.82, 2.24) is 9.13 Å². The number of fused-ring (bicyclic) bond motifs is 17. The quantitative estimate of drug-likeness (QED) is 0.175. The zero-order valence-electron chi connectivity index (χ0n) is 34.1. The minimum absolute atomic E-state index is 0.887. The third-order valence-electron chi connectivity index (χ3n) is 13.5. The summed E-state index contributed by atoms with van der Waals surface area (Å²) in [5, 5.41) is 7.16. The molecule has 0 N–H and O–H groups in total. The lowest BCUT2D eigenvalue weighted by molar-refractivity contribution is 0.669. The van der Waals surface area contributed by atoms with E-state index in [-0.39, 0.29) is 0 Å². The maximum absolute atomic E-state index is 6.39. The Labute approximate surface area is 362 Å². The van der Waals surface area contributed by atoms with Crippen LogP contribution < -0.4 is 0 Å². The van der Waals surface area contributed by atoms with Crippen LogP contribution in [-0.2, 0) is 0 Å². The minimum Gasteiger partial charge on any atom is -0.456 e. The van der Waals surface area contributed by atoms with Crippen molar-refractivity contribution in [3.8, 4) is 67.0 Å². The summed E-state index contributed by atoms with van der Waals surface area (Å²) in [5.41, 5.74) is 20.8. The van der Waals surface area contributed by atoms with E-state index in [1.165, 1.54) is 77.1 Å². The van der Waals surface area contributed by atoms with Gasteiger partial charge in [0, 0.05) is 43.6 Å². The monoisotopic (exact) mass is 800 g/mol. The van der Waals surface area contributed by atoms with Gasteiger partial charge >= 0.3 is 0 Å². The van der Waals surface area contributed by atoms with Crippen LogP contribution in [0.1, 0.15) is 0 Å². The van der Waals surface area contributed by atoms with Gasteiger partial charge in [-0.15, -0.1) is 0 Å². The van der Waals surface area contributed by atoms with Gasteiger partial charge in [-0.3, -0.25) is 0 Å². The molecular formula is C60H36N2O. The SMILES string of the molecule is c1ccc2c(c1)-c1ccccc1-c1cc(-c3ccc4oc5ccccc5c4c3)c(-n3c4ccccc4c4cc(-n5c6ccccc6c6ccccc65)ccc43)cc1-c1ccccc1-2. The fourth-order valence-corrected chi connectivity index (χ4v) is 10.8. The lowest BCUT2D eigenvalue weighted by atomic mass is 9.79. The molecule has 3 aromatic heterocycles. The molecule has 292 valence electrons. The second kappa shape index (κ2) is 13.1. The molecule has 0 radical (unpaired) electrons. The third-order valence-corrected chi connectivity index (χ3v) is 13.5. The number of nitrogens with zero attached hydrogens (tertiary/aromatic N) is 2. The molecular weight excluding hydrogens is 765 g/mol. The number of aromatic nitrogens is 2. The highest BCUT2D eigenvalue weighted by molar-refractivity contribution is 6.14. The molecule has 0 saturated heterocycles. The van der Waals surface area contributed by atoms with Crippen molar-refractivity contribution < 1.29 is 4.42 Å². The molecule has 0 fully saturated rings. The summed E-state index contributed by atoms with van der Waals surface area (Å²) >= 11 is 0. The van der Waals surface area contributed by atoms with Gasteiger partial charge in [-0.05, 0) is 117 Å². The maximum Gasteiger partial charge on any atom is 0.135 e. The smallest absolute Gasteiger partial charge is 0.135 e. The maximum atomic E-state index is 6.39. The standard InChI is InChI=1S/C60H36N2O/c1-2-16-40-39(15-1)41-17-3-5-19-43(41)50-35-49(37-29-32-60-53(33-37)48-24-10-14-28-59(48)63-60)58(36-51(50)44-20-6-4-18-42(40)44)62-56-27-13-9-23-47(56)52-34-38(30-31-57(52)62)61-54-25-11-7-21-45(54)46-22-8-12-26-55(46)61/h1-36H. The Kier molecular flexibility index (Phi) is 7.11. The summed E-state index contributed by atoms with van der Waals surface area (Å²) in [5.74, 6) is 0. The first-order chi connectivity index (χ1) is 31.3. The number of furan rings is 1. The Bertz CT molecular complexity index is 3990. The molecule has 0 aliphatic heterocycles. The number of rotatable bonds is 3. The van der Waals surface area contributed by atoms with Crippen molar-refractivity contribution >= 4 is 65.6 Å². The molecule has 10 aromatic carbocycles. The van der Waals surface area contributed by atoms with E-state index in [1.807, 2.05) is 6.07 Å². The molecule has 1 aliphatic rings. The summed E-state index contributed by atoms with van der Waals surface area (Å²) in [6.07, 6.45) is 0. The van der Waals surface area contributed by atoms with E-state index in [2.05, 4.69) is 221 Å². The summed E-state index contributed by atoms with van der Waals surface area (Å²) < 4.78 is 11.3. The average molecular weight is 801 g/mol. The predicted octanol–water partition coefficient (Wildman–Crippen LogP) is 16.4. The number of hydrogen-bond acceptors (Lipinski definition) is 1. The van der Waals surface area contributed by atoms with Gasteiger partial charge in [-0.25, -0.2) is 0 Å². The minimum atomic E-state index is 0.887. The summed E-state index contributed by atoms with van der Waals surface area (Å²) in [7, 11) is 0. The number of benzene rings is 10. The zero-order valence-corrected chi connectivity index (χ0v) is 34.1. The lowest BCUT2D eigenvalue weighted by Gasteiger charge is -2.25. The summed E-state index contributed by atoms with van der Waals surface area (Å²) in [4.78, 5) is 0. The Balaban J connectivity index is 1.11. The van der Waals surface area contributed by atoms with Gasteiger partial charge in [0.25, 0.3) is 0 Å². The Morgan fingerprint density at radius 3 is 1.30 bits per heavy atom. The van der Waals surface area contributed by atoms with E-state index >= 15 is 0 Å². The number of hydrogen-bond donors (Lipinski definition) is 0. The van der Waals surface area contributed by atoms with Gasteiger partial charge in [0.15, 0.2) is 0 Å². The van der Waals surface area contributed by atoms with Crippen LogP contribution in [0, 0.1) is 0 Å². The Hall–Kier alpha value is -8.40. The van der Waals surface area contributed by atoms with E-state index < -0.39 is 0 Å². The highest BCUT2D eigenvalue weighted by atomic mass is 16.3. The van der Waals surface area contributed by atoms with Crippen LogP contribution in [0.25, 0.3) is 133 Å². The van der Waals surface area contributed by atoms with Gasteiger partial charge in [0.05, 0.1) is 27.8 Å². The first kappa shape index (κ1) is 34.3. The summed E-state index contributed by atoms with van der Waals surface area (Å²) in [6.45, 7) is 0. The van der Waals surface area contributed by atoms with Crippen molar-refractivity contribution in [3.05, 3.63) is 218 Å². The molecule has 0 saturated carbocycles. The predicted molar refractivity (Wildman–Crippen MR) is 263 cm³/mol. The molecule has 1 aliphatic carbocycles.